The van der Waals surface area contributed by atoms with Gasteiger partial charge >= 0.3 is 5.97 Å². The fourth-order valence-corrected chi connectivity index (χ4v) is 1.46. The summed E-state index contributed by atoms with van der Waals surface area (Å²) in [6.07, 6.45) is 0. The molecule has 0 aliphatic rings. The van der Waals surface area contributed by atoms with E-state index in [2.05, 4.69) is 11.8 Å². The number of carbonyl (C=O) groups is 1. The van der Waals surface area contributed by atoms with E-state index in [0.29, 0.717) is 22.8 Å². The lowest BCUT2D eigenvalue weighted by Gasteiger charge is -2.13. The molecule has 5 nitrogen and oxygen atoms in total. The summed E-state index contributed by atoms with van der Waals surface area (Å²) in [5, 5.41) is 0. The molecule has 0 saturated carbocycles. The van der Waals surface area contributed by atoms with Crippen LogP contribution in [0.15, 0.2) is 12.1 Å². The molecule has 0 atom stereocenters. The number of methoxy groups -OCH3 is 3. The van der Waals surface area contributed by atoms with Crippen molar-refractivity contribution < 1.29 is 23.7 Å². The maximum Gasteiger partial charge on any atom is 0.339 e. The molecular weight excluding hydrogens is 248 g/mol. The van der Waals surface area contributed by atoms with E-state index in [1.807, 2.05) is 0 Å². The van der Waals surface area contributed by atoms with Crippen LogP contribution in [-0.4, -0.2) is 33.9 Å². The Kier molecular flexibility index (Phi) is 5.55. The third-order valence-electron chi connectivity index (χ3n) is 2.35. The van der Waals surface area contributed by atoms with Gasteiger partial charge in [-0.25, -0.2) is 4.79 Å². The smallest absolute Gasteiger partial charge is 0.339 e. The Bertz CT molecular complexity index is 485. The second kappa shape index (κ2) is 7.17. The number of esters is 1. The first-order valence-electron chi connectivity index (χ1n) is 5.54. The topological polar surface area (TPSA) is 54.0 Å². The van der Waals surface area contributed by atoms with Crippen LogP contribution in [0.5, 0.6) is 17.2 Å². The number of hydrogen-bond donors (Lipinski definition) is 0. The van der Waals surface area contributed by atoms with E-state index in [0.717, 1.165) is 0 Å². The lowest BCUT2D eigenvalue weighted by atomic mass is 10.2. The molecule has 0 N–H and O–H groups in total. The molecule has 0 amide bonds. The van der Waals surface area contributed by atoms with Crippen molar-refractivity contribution in [1.29, 1.82) is 0 Å². The quantitative estimate of drug-likeness (QED) is 0.600. The van der Waals surface area contributed by atoms with Gasteiger partial charge in [0.05, 0.1) is 26.9 Å². The zero-order valence-electron chi connectivity index (χ0n) is 11.4. The molecule has 0 aliphatic carbocycles. The Morgan fingerprint density at radius 2 is 1.68 bits per heavy atom. The van der Waals surface area contributed by atoms with Crippen LogP contribution in [0.4, 0.5) is 0 Å². The number of carbonyl (C=O) groups excluding carboxylic acids is 1. The average molecular weight is 264 g/mol. The van der Waals surface area contributed by atoms with Crippen LogP contribution in [-0.2, 0) is 4.74 Å². The molecule has 0 aromatic heterocycles. The van der Waals surface area contributed by atoms with Crippen molar-refractivity contribution in [3.8, 4) is 29.1 Å². The van der Waals surface area contributed by atoms with E-state index in [1.54, 1.807) is 6.92 Å². The van der Waals surface area contributed by atoms with E-state index < -0.39 is 5.97 Å². The highest BCUT2D eigenvalue weighted by molar-refractivity contribution is 5.91. The first-order chi connectivity index (χ1) is 9.17. The van der Waals surface area contributed by atoms with Crippen LogP contribution in [0.3, 0.4) is 0 Å². The summed E-state index contributed by atoms with van der Waals surface area (Å²) in [4.78, 5) is 11.8. The van der Waals surface area contributed by atoms with Crippen LogP contribution < -0.4 is 14.2 Å². The third-order valence-corrected chi connectivity index (χ3v) is 2.35. The molecule has 0 aliphatic heterocycles. The Hall–Kier alpha value is -2.35. The van der Waals surface area contributed by atoms with Gasteiger partial charge in [0.1, 0.15) is 0 Å². The molecule has 5 heteroatoms. The highest BCUT2D eigenvalue weighted by atomic mass is 16.5. The highest BCUT2D eigenvalue weighted by Gasteiger charge is 2.17. The standard InChI is InChI=1S/C14H16O5/c1-5-6-7-19-14(15)10-8-11(16-2)13(18-4)12(9-10)17-3/h8-9H,7H2,1-4H3. The van der Waals surface area contributed by atoms with Gasteiger partial charge in [0.15, 0.2) is 18.1 Å². The van der Waals surface area contributed by atoms with Gasteiger partial charge in [-0.15, -0.1) is 5.92 Å². The molecule has 19 heavy (non-hydrogen) atoms. The molecule has 1 aromatic carbocycles. The van der Waals surface area contributed by atoms with Gasteiger partial charge in [0.25, 0.3) is 0 Å². The van der Waals surface area contributed by atoms with Crippen molar-refractivity contribution in [2.45, 2.75) is 6.92 Å². The van der Waals surface area contributed by atoms with Crippen molar-refractivity contribution in [2.75, 3.05) is 27.9 Å². The van der Waals surface area contributed by atoms with Crippen molar-refractivity contribution in [3.63, 3.8) is 0 Å². The summed E-state index contributed by atoms with van der Waals surface area (Å²) in [7, 11) is 4.46. The normalized spacial score (nSPS) is 9.05. The number of benzene rings is 1. The Labute approximate surface area is 112 Å². The molecule has 0 heterocycles. The molecule has 0 fully saturated rings. The summed E-state index contributed by atoms with van der Waals surface area (Å²) in [6, 6.07) is 3.06. The molecule has 1 aromatic rings. The van der Waals surface area contributed by atoms with Gasteiger partial charge in [-0.05, 0) is 19.1 Å². The van der Waals surface area contributed by atoms with Gasteiger partial charge in [-0.1, -0.05) is 5.92 Å². The first-order valence-corrected chi connectivity index (χ1v) is 5.54. The molecule has 0 unspecified atom stereocenters. The molecule has 0 bridgehead atoms. The summed E-state index contributed by atoms with van der Waals surface area (Å²) in [5.41, 5.74) is 0.312. The van der Waals surface area contributed by atoms with Gasteiger partial charge in [0.2, 0.25) is 5.75 Å². The molecular formula is C14H16O5. The van der Waals surface area contributed by atoms with Gasteiger partial charge < -0.3 is 18.9 Å². The molecule has 102 valence electrons. The second-order valence-corrected chi connectivity index (χ2v) is 3.42. The molecule has 0 saturated heterocycles. The van der Waals surface area contributed by atoms with Crippen molar-refractivity contribution in [2.24, 2.45) is 0 Å². The lowest BCUT2D eigenvalue weighted by Crippen LogP contribution is -2.07. The van der Waals surface area contributed by atoms with E-state index >= 15 is 0 Å². The number of ether oxygens (including phenoxy) is 4. The van der Waals surface area contributed by atoms with Crippen LogP contribution >= 0.6 is 0 Å². The first kappa shape index (κ1) is 14.7. The van der Waals surface area contributed by atoms with Crippen LogP contribution in [0.1, 0.15) is 17.3 Å². The van der Waals surface area contributed by atoms with E-state index in [9.17, 15) is 4.79 Å². The minimum absolute atomic E-state index is 0.0476. The zero-order chi connectivity index (χ0) is 14.3. The van der Waals surface area contributed by atoms with Gasteiger partial charge in [0, 0.05) is 0 Å². The predicted octanol–water partition coefficient (Wildman–Crippen LogP) is 1.89. The summed E-state index contributed by atoms with van der Waals surface area (Å²) in [5.74, 6) is 6.01. The minimum atomic E-state index is -0.498. The van der Waals surface area contributed by atoms with Gasteiger partial charge in [-0.3, -0.25) is 0 Å². The minimum Gasteiger partial charge on any atom is -0.493 e. The third kappa shape index (κ3) is 3.55. The zero-order valence-corrected chi connectivity index (χ0v) is 11.4. The molecule has 1 rings (SSSR count). The van der Waals surface area contributed by atoms with E-state index in [4.69, 9.17) is 18.9 Å². The lowest BCUT2D eigenvalue weighted by molar-refractivity contribution is 0.0555. The van der Waals surface area contributed by atoms with Gasteiger partial charge in [-0.2, -0.15) is 0 Å². The maximum atomic E-state index is 11.8. The van der Waals surface area contributed by atoms with Crippen molar-refractivity contribution >= 4 is 5.97 Å². The maximum absolute atomic E-state index is 11.8. The molecule has 0 spiro atoms. The Morgan fingerprint density at radius 3 is 2.11 bits per heavy atom. The SMILES string of the molecule is CC#CCOC(=O)c1cc(OC)c(OC)c(OC)c1. The monoisotopic (exact) mass is 264 g/mol. The summed E-state index contributed by atoms with van der Waals surface area (Å²) in [6.45, 7) is 1.72. The summed E-state index contributed by atoms with van der Waals surface area (Å²) >= 11 is 0. The Balaban J connectivity index is 3.07. The highest BCUT2D eigenvalue weighted by Crippen LogP contribution is 2.38. The summed E-state index contributed by atoms with van der Waals surface area (Å²) < 4.78 is 20.5. The van der Waals surface area contributed by atoms with Crippen LogP contribution in [0, 0.1) is 11.8 Å². The van der Waals surface area contributed by atoms with Crippen LogP contribution in [0.2, 0.25) is 0 Å². The average Bonchev–Trinajstić information content (AvgIpc) is 2.45. The van der Waals surface area contributed by atoms with Crippen LogP contribution in [0.25, 0.3) is 0 Å². The number of rotatable bonds is 5. The van der Waals surface area contributed by atoms with Crippen molar-refractivity contribution in [1.82, 2.24) is 0 Å². The molecule has 0 radical (unpaired) electrons. The fourth-order valence-electron chi connectivity index (χ4n) is 1.46. The number of hydrogen-bond acceptors (Lipinski definition) is 5. The fraction of sp³-hybridized carbons (Fsp3) is 0.357. The van der Waals surface area contributed by atoms with Crippen molar-refractivity contribution in [3.05, 3.63) is 17.7 Å². The Morgan fingerprint density at radius 1 is 1.11 bits per heavy atom. The largest absolute Gasteiger partial charge is 0.493 e. The van der Waals surface area contributed by atoms with E-state index in [-0.39, 0.29) is 6.61 Å². The predicted molar refractivity (Wildman–Crippen MR) is 69.8 cm³/mol. The second-order valence-electron chi connectivity index (χ2n) is 3.42. The van der Waals surface area contributed by atoms with E-state index in [1.165, 1.54) is 33.5 Å².